The first kappa shape index (κ1) is 24.9. The van der Waals surface area contributed by atoms with Crippen LogP contribution >= 0.6 is 23.1 Å². The van der Waals surface area contributed by atoms with Crippen LogP contribution in [0.5, 0.6) is 0 Å². The number of carbonyl (C=O) groups is 2. The first-order valence-corrected chi connectivity index (χ1v) is 13.2. The van der Waals surface area contributed by atoms with Gasteiger partial charge in [-0.2, -0.15) is 5.26 Å². The average Bonchev–Trinajstić information content (AvgIpc) is 3.43. The standard InChI is InChI=1S/C24H25FN6O2S2/c1-3-31-21(14(2)27-22(33)16-9-4-6-10-18(16)25)29-30-24(31)34-13-20(32)28-23-17(12-26)15-8-5-7-11-19(15)35-23/h4,6,9-10,14H,3,5,7-8,11,13H2,1-2H3,(H,27,33)(H,28,32)/t14-/m0/s1. The van der Waals surface area contributed by atoms with Crippen LogP contribution in [0.2, 0.25) is 0 Å². The minimum absolute atomic E-state index is 0.0415. The Hall–Kier alpha value is -3.23. The highest BCUT2D eigenvalue weighted by molar-refractivity contribution is 7.99. The van der Waals surface area contributed by atoms with Crippen LogP contribution in [0.3, 0.4) is 0 Å². The van der Waals surface area contributed by atoms with Gasteiger partial charge >= 0.3 is 0 Å². The molecule has 4 rings (SSSR count). The van der Waals surface area contributed by atoms with E-state index >= 15 is 0 Å². The van der Waals surface area contributed by atoms with Gasteiger partial charge < -0.3 is 15.2 Å². The van der Waals surface area contributed by atoms with Crippen LogP contribution < -0.4 is 10.6 Å². The van der Waals surface area contributed by atoms with Crippen molar-refractivity contribution in [3.05, 3.63) is 57.5 Å². The molecule has 11 heteroatoms. The van der Waals surface area contributed by atoms with Gasteiger partial charge in [0, 0.05) is 11.4 Å². The number of rotatable bonds is 8. The molecule has 182 valence electrons. The molecule has 0 saturated heterocycles. The molecule has 2 heterocycles. The molecule has 1 aliphatic rings. The molecular formula is C24H25FN6O2S2. The van der Waals surface area contributed by atoms with Crippen LogP contribution in [-0.4, -0.2) is 32.3 Å². The molecular weight excluding hydrogens is 487 g/mol. The molecule has 2 aromatic heterocycles. The number of thiophene rings is 1. The zero-order valence-corrected chi connectivity index (χ0v) is 21.1. The zero-order valence-electron chi connectivity index (χ0n) is 19.4. The number of amides is 2. The number of halogens is 1. The largest absolute Gasteiger partial charge is 0.342 e. The van der Waals surface area contributed by atoms with E-state index in [-0.39, 0.29) is 17.2 Å². The maximum absolute atomic E-state index is 13.9. The van der Waals surface area contributed by atoms with Gasteiger partial charge in [-0.1, -0.05) is 23.9 Å². The molecule has 1 aliphatic carbocycles. The van der Waals surface area contributed by atoms with Gasteiger partial charge in [-0.3, -0.25) is 9.59 Å². The van der Waals surface area contributed by atoms with E-state index in [0.29, 0.717) is 28.1 Å². The second kappa shape index (κ2) is 11.0. The fraction of sp³-hybridized carbons (Fsp3) is 0.375. The van der Waals surface area contributed by atoms with Crippen molar-refractivity contribution in [2.75, 3.05) is 11.1 Å². The maximum Gasteiger partial charge on any atom is 0.254 e. The number of benzene rings is 1. The first-order chi connectivity index (χ1) is 16.9. The van der Waals surface area contributed by atoms with Crippen LogP contribution in [0.15, 0.2) is 29.4 Å². The first-order valence-electron chi connectivity index (χ1n) is 11.4. The molecule has 2 amide bonds. The molecule has 0 aliphatic heterocycles. The van der Waals surface area contributed by atoms with Crippen LogP contribution in [0, 0.1) is 17.1 Å². The lowest BCUT2D eigenvalue weighted by atomic mass is 9.96. The number of nitrogens with one attached hydrogen (secondary N) is 2. The van der Waals surface area contributed by atoms with Gasteiger partial charge in [0.1, 0.15) is 16.9 Å². The highest BCUT2D eigenvalue weighted by Crippen LogP contribution is 2.37. The lowest BCUT2D eigenvalue weighted by Crippen LogP contribution is -2.29. The number of aromatic nitrogens is 3. The van der Waals surface area contributed by atoms with Crippen LogP contribution in [0.1, 0.15) is 64.9 Å². The smallest absolute Gasteiger partial charge is 0.254 e. The van der Waals surface area contributed by atoms with E-state index in [4.69, 9.17) is 0 Å². The van der Waals surface area contributed by atoms with Crippen LogP contribution in [0.25, 0.3) is 0 Å². The SMILES string of the molecule is CCn1c(SCC(=O)Nc2sc3c(c2C#N)CCCC3)nnc1[C@H](C)NC(=O)c1ccccc1F. The number of aryl methyl sites for hydroxylation is 1. The monoisotopic (exact) mass is 512 g/mol. The summed E-state index contributed by atoms with van der Waals surface area (Å²) in [6.45, 7) is 4.19. The Kier molecular flexibility index (Phi) is 7.83. The predicted octanol–water partition coefficient (Wildman–Crippen LogP) is 4.47. The minimum atomic E-state index is -0.595. The normalized spacial score (nSPS) is 13.5. The molecule has 2 N–H and O–H groups in total. The average molecular weight is 513 g/mol. The number of hydrogen-bond donors (Lipinski definition) is 2. The van der Waals surface area contributed by atoms with E-state index in [1.165, 1.54) is 46.2 Å². The summed E-state index contributed by atoms with van der Waals surface area (Å²) < 4.78 is 15.8. The molecule has 0 unspecified atom stereocenters. The number of nitrogens with zero attached hydrogens (tertiary/aromatic N) is 4. The minimum Gasteiger partial charge on any atom is -0.342 e. The van der Waals surface area contributed by atoms with Crippen LogP contribution in [-0.2, 0) is 24.2 Å². The number of nitriles is 1. The third-order valence-electron chi connectivity index (χ3n) is 5.78. The third-order valence-corrected chi connectivity index (χ3v) is 7.96. The van der Waals surface area contributed by atoms with Gasteiger partial charge in [-0.25, -0.2) is 4.39 Å². The second-order valence-electron chi connectivity index (χ2n) is 8.12. The molecule has 35 heavy (non-hydrogen) atoms. The highest BCUT2D eigenvalue weighted by Gasteiger charge is 2.23. The van der Waals surface area contributed by atoms with Crippen molar-refractivity contribution in [3.63, 3.8) is 0 Å². The zero-order chi connectivity index (χ0) is 24.9. The van der Waals surface area contributed by atoms with Crippen molar-refractivity contribution in [3.8, 4) is 6.07 Å². The summed E-state index contributed by atoms with van der Waals surface area (Å²) in [6, 6.07) is 7.51. The van der Waals surface area contributed by atoms with Crippen molar-refractivity contribution >= 4 is 39.9 Å². The molecule has 3 aromatic rings. The summed E-state index contributed by atoms with van der Waals surface area (Å²) in [4.78, 5) is 26.3. The number of anilines is 1. The highest BCUT2D eigenvalue weighted by atomic mass is 32.2. The Morgan fingerprint density at radius 2 is 2.06 bits per heavy atom. The molecule has 0 saturated carbocycles. The van der Waals surface area contributed by atoms with E-state index in [1.807, 2.05) is 11.5 Å². The Balaban J connectivity index is 1.40. The molecule has 0 bridgehead atoms. The summed E-state index contributed by atoms with van der Waals surface area (Å²) in [5.74, 6) is -0.748. The number of thioether (sulfide) groups is 1. The fourth-order valence-electron chi connectivity index (χ4n) is 4.07. The summed E-state index contributed by atoms with van der Waals surface area (Å²) in [5, 5.41) is 24.8. The van der Waals surface area contributed by atoms with Gasteiger partial charge in [0.25, 0.3) is 5.91 Å². The maximum atomic E-state index is 13.9. The van der Waals surface area contributed by atoms with Crippen molar-refractivity contribution in [2.24, 2.45) is 0 Å². The second-order valence-corrected chi connectivity index (χ2v) is 10.2. The van der Waals surface area contributed by atoms with E-state index < -0.39 is 17.8 Å². The van der Waals surface area contributed by atoms with Gasteiger partial charge in [0.2, 0.25) is 5.91 Å². The predicted molar refractivity (Wildman–Crippen MR) is 133 cm³/mol. The van der Waals surface area contributed by atoms with Crippen molar-refractivity contribution in [1.82, 2.24) is 20.1 Å². The molecule has 1 aromatic carbocycles. The molecule has 0 radical (unpaired) electrons. The Morgan fingerprint density at radius 3 is 2.80 bits per heavy atom. The van der Waals surface area contributed by atoms with E-state index in [1.54, 1.807) is 13.0 Å². The summed E-state index contributed by atoms with van der Waals surface area (Å²) in [5.41, 5.74) is 1.62. The summed E-state index contributed by atoms with van der Waals surface area (Å²) in [6.07, 6.45) is 4.01. The number of hydrogen-bond acceptors (Lipinski definition) is 7. The van der Waals surface area contributed by atoms with Gasteiger partial charge in [-0.15, -0.1) is 21.5 Å². The van der Waals surface area contributed by atoms with Crippen LogP contribution in [0.4, 0.5) is 9.39 Å². The Morgan fingerprint density at radius 1 is 1.29 bits per heavy atom. The quantitative estimate of drug-likeness (QED) is 0.431. The third kappa shape index (κ3) is 5.39. The van der Waals surface area contributed by atoms with E-state index in [0.717, 1.165) is 31.2 Å². The van der Waals surface area contributed by atoms with Gasteiger partial charge in [-0.05, 0) is 57.2 Å². The molecule has 8 nitrogen and oxygen atoms in total. The summed E-state index contributed by atoms with van der Waals surface area (Å²) >= 11 is 2.72. The topological polar surface area (TPSA) is 113 Å². The number of fused-ring (bicyclic) bond motifs is 1. The molecule has 0 spiro atoms. The summed E-state index contributed by atoms with van der Waals surface area (Å²) in [7, 11) is 0. The van der Waals surface area contributed by atoms with Crippen molar-refractivity contribution in [1.29, 1.82) is 5.26 Å². The molecule has 0 fully saturated rings. The van der Waals surface area contributed by atoms with Crippen molar-refractivity contribution < 1.29 is 14.0 Å². The van der Waals surface area contributed by atoms with E-state index in [2.05, 4.69) is 26.9 Å². The van der Waals surface area contributed by atoms with Gasteiger partial charge in [0.05, 0.1) is 22.9 Å². The fourth-order valence-corrected chi connectivity index (χ4v) is 6.14. The number of carbonyl (C=O) groups excluding carboxylic acids is 2. The Labute approximate surface area is 210 Å². The van der Waals surface area contributed by atoms with Gasteiger partial charge in [0.15, 0.2) is 11.0 Å². The lowest BCUT2D eigenvalue weighted by Gasteiger charge is -2.15. The lowest BCUT2D eigenvalue weighted by molar-refractivity contribution is -0.113. The van der Waals surface area contributed by atoms with E-state index in [9.17, 15) is 19.2 Å². The molecule has 1 atom stereocenters. The Bertz CT molecular complexity index is 1300. The van der Waals surface area contributed by atoms with Crippen molar-refractivity contribution in [2.45, 2.75) is 57.3 Å².